The lowest BCUT2D eigenvalue weighted by molar-refractivity contribution is -0.149. The van der Waals surface area contributed by atoms with Gasteiger partial charge in [0.1, 0.15) is 0 Å². The van der Waals surface area contributed by atoms with Gasteiger partial charge in [0.15, 0.2) is 6.61 Å². The monoisotopic (exact) mass is 441 g/mol. The average molecular weight is 441 g/mol. The molecule has 0 saturated heterocycles. The third kappa shape index (κ3) is 8.27. The molecule has 0 spiro atoms. The fraction of sp³-hybridized carbons (Fsp3) is 0.227. The van der Waals surface area contributed by atoms with Gasteiger partial charge in [0, 0.05) is 17.7 Å². The molecule has 2 rings (SSSR count). The van der Waals surface area contributed by atoms with Gasteiger partial charge in [-0.1, -0.05) is 18.2 Å². The Bertz CT molecular complexity index is 959. The highest BCUT2D eigenvalue weighted by Gasteiger charge is 2.12. The largest absolute Gasteiger partial charge is 0.462 e. The van der Waals surface area contributed by atoms with Crippen LogP contribution in [0.4, 0.5) is 5.69 Å². The van der Waals surface area contributed by atoms with Crippen molar-refractivity contribution in [1.82, 2.24) is 10.9 Å². The number of benzene rings is 2. The van der Waals surface area contributed by atoms with E-state index in [9.17, 15) is 24.0 Å². The number of hydrazine groups is 1. The maximum absolute atomic E-state index is 12.0. The van der Waals surface area contributed by atoms with Gasteiger partial charge in [-0.2, -0.15) is 0 Å². The Labute approximate surface area is 184 Å². The van der Waals surface area contributed by atoms with Crippen molar-refractivity contribution in [3.8, 4) is 0 Å². The Morgan fingerprint density at radius 1 is 0.750 bits per heavy atom. The Hall–Kier alpha value is -4.21. The van der Waals surface area contributed by atoms with E-state index in [-0.39, 0.29) is 19.4 Å². The number of carbonyl (C=O) groups is 5. The van der Waals surface area contributed by atoms with Crippen molar-refractivity contribution in [3.63, 3.8) is 0 Å². The molecule has 0 bridgehead atoms. The zero-order valence-corrected chi connectivity index (χ0v) is 17.4. The molecule has 0 aliphatic rings. The van der Waals surface area contributed by atoms with E-state index < -0.39 is 36.3 Å². The van der Waals surface area contributed by atoms with E-state index in [4.69, 9.17) is 9.47 Å². The molecule has 32 heavy (non-hydrogen) atoms. The summed E-state index contributed by atoms with van der Waals surface area (Å²) in [5.74, 6) is -2.89. The molecule has 0 aromatic heterocycles. The Kier molecular flexibility index (Phi) is 9.38. The summed E-state index contributed by atoms with van der Waals surface area (Å²) in [6.07, 6.45) is -0.402. The maximum Gasteiger partial charge on any atom is 0.338 e. The molecule has 0 heterocycles. The molecule has 0 unspecified atom stereocenters. The van der Waals surface area contributed by atoms with Gasteiger partial charge in [-0.05, 0) is 43.3 Å². The van der Waals surface area contributed by atoms with E-state index in [0.717, 1.165) is 0 Å². The van der Waals surface area contributed by atoms with Crippen LogP contribution >= 0.6 is 0 Å². The van der Waals surface area contributed by atoms with Crippen LogP contribution in [-0.2, 0) is 23.9 Å². The lowest BCUT2D eigenvalue weighted by Crippen LogP contribution is -2.43. The quantitative estimate of drug-likeness (QED) is 0.396. The number of nitrogens with one attached hydrogen (secondary N) is 3. The first-order valence-electron chi connectivity index (χ1n) is 9.76. The van der Waals surface area contributed by atoms with Crippen molar-refractivity contribution < 1.29 is 33.4 Å². The summed E-state index contributed by atoms with van der Waals surface area (Å²) in [5.41, 5.74) is 5.48. The molecule has 3 amide bonds. The van der Waals surface area contributed by atoms with Gasteiger partial charge in [0.05, 0.1) is 18.6 Å². The van der Waals surface area contributed by atoms with Gasteiger partial charge in [-0.25, -0.2) is 4.79 Å². The molecule has 0 saturated carbocycles. The number of hydrogen-bond acceptors (Lipinski definition) is 7. The Morgan fingerprint density at radius 2 is 1.44 bits per heavy atom. The van der Waals surface area contributed by atoms with Gasteiger partial charge >= 0.3 is 11.9 Å². The minimum absolute atomic E-state index is 0.162. The lowest BCUT2D eigenvalue weighted by Gasteiger charge is -2.08. The molecule has 0 fully saturated rings. The second-order valence-corrected chi connectivity index (χ2v) is 6.38. The molecule has 0 aliphatic carbocycles. The zero-order chi connectivity index (χ0) is 23.3. The van der Waals surface area contributed by atoms with Crippen LogP contribution in [0.2, 0.25) is 0 Å². The summed E-state index contributed by atoms with van der Waals surface area (Å²) in [6.45, 7) is 1.36. The summed E-state index contributed by atoms with van der Waals surface area (Å²) in [5, 5.41) is 2.58. The highest BCUT2D eigenvalue weighted by molar-refractivity contribution is 5.96. The van der Waals surface area contributed by atoms with Crippen molar-refractivity contribution >= 4 is 35.3 Å². The van der Waals surface area contributed by atoms with Crippen LogP contribution in [0.3, 0.4) is 0 Å². The smallest absolute Gasteiger partial charge is 0.338 e. The second kappa shape index (κ2) is 12.5. The Morgan fingerprint density at radius 3 is 2.09 bits per heavy atom. The number of anilines is 1. The molecule has 0 aliphatic heterocycles. The summed E-state index contributed by atoms with van der Waals surface area (Å²) in [7, 11) is 0. The van der Waals surface area contributed by atoms with E-state index in [0.29, 0.717) is 16.8 Å². The third-order valence-electron chi connectivity index (χ3n) is 3.95. The highest BCUT2D eigenvalue weighted by Crippen LogP contribution is 2.11. The molecule has 3 N–H and O–H groups in total. The van der Waals surface area contributed by atoms with Crippen molar-refractivity contribution in [1.29, 1.82) is 0 Å². The minimum Gasteiger partial charge on any atom is -0.462 e. The van der Waals surface area contributed by atoms with E-state index in [1.807, 2.05) is 0 Å². The zero-order valence-electron chi connectivity index (χ0n) is 17.4. The van der Waals surface area contributed by atoms with Gasteiger partial charge < -0.3 is 14.8 Å². The number of amides is 3. The minimum atomic E-state index is -0.748. The number of ether oxygens (including phenoxy) is 2. The molecule has 168 valence electrons. The second-order valence-electron chi connectivity index (χ2n) is 6.38. The first-order chi connectivity index (χ1) is 15.4. The average Bonchev–Trinajstić information content (AvgIpc) is 2.81. The first-order valence-corrected chi connectivity index (χ1v) is 9.76. The number of carbonyl (C=O) groups excluding carboxylic acids is 5. The molecular weight excluding hydrogens is 418 g/mol. The summed E-state index contributed by atoms with van der Waals surface area (Å²) in [6, 6.07) is 14.3. The Balaban J connectivity index is 1.64. The predicted molar refractivity (Wildman–Crippen MR) is 113 cm³/mol. The van der Waals surface area contributed by atoms with Crippen LogP contribution in [0.15, 0.2) is 54.6 Å². The molecule has 10 nitrogen and oxygen atoms in total. The van der Waals surface area contributed by atoms with Gasteiger partial charge in [0.2, 0.25) is 5.91 Å². The van der Waals surface area contributed by atoms with Crippen LogP contribution < -0.4 is 16.2 Å². The van der Waals surface area contributed by atoms with Crippen molar-refractivity contribution in [2.45, 2.75) is 19.8 Å². The number of hydrogen-bond donors (Lipinski definition) is 3. The standard InChI is InChI=1S/C22H23N3O7/c1-2-31-22(30)16-8-10-17(11-9-16)23-18(26)12-13-20(28)32-14-19(27)24-25-21(29)15-6-4-3-5-7-15/h3-11H,2,12-14H2,1H3,(H,23,26)(H,24,27)(H,25,29). The first kappa shape index (κ1) is 24.1. The summed E-state index contributed by atoms with van der Waals surface area (Å²) >= 11 is 0. The van der Waals surface area contributed by atoms with Crippen LogP contribution in [0.1, 0.15) is 40.5 Å². The van der Waals surface area contributed by atoms with E-state index in [1.54, 1.807) is 37.3 Å². The van der Waals surface area contributed by atoms with E-state index in [2.05, 4.69) is 16.2 Å². The fourth-order valence-corrected chi connectivity index (χ4v) is 2.39. The van der Waals surface area contributed by atoms with E-state index >= 15 is 0 Å². The van der Waals surface area contributed by atoms with Crippen LogP contribution in [0.5, 0.6) is 0 Å². The molecule has 10 heteroatoms. The van der Waals surface area contributed by atoms with Crippen molar-refractivity contribution in [2.75, 3.05) is 18.5 Å². The van der Waals surface area contributed by atoms with Crippen LogP contribution in [-0.4, -0.2) is 42.9 Å². The summed E-state index contributed by atoms with van der Waals surface area (Å²) in [4.78, 5) is 58.7. The van der Waals surface area contributed by atoms with Crippen molar-refractivity contribution in [3.05, 3.63) is 65.7 Å². The predicted octanol–water partition coefficient (Wildman–Crippen LogP) is 1.59. The van der Waals surface area contributed by atoms with Gasteiger partial charge in [0.25, 0.3) is 11.8 Å². The molecule has 2 aromatic carbocycles. The topological polar surface area (TPSA) is 140 Å². The molecular formula is C22H23N3O7. The molecule has 0 atom stereocenters. The highest BCUT2D eigenvalue weighted by atomic mass is 16.5. The van der Waals surface area contributed by atoms with Crippen molar-refractivity contribution in [2.24, 2.45) is 0 Å². The third-order valence-corrected chi connectivity index (χ3v) is 3.95. The van der Waals surface area contributed by atoms with Gasteiger partial charge in [-0.15, -0.1) is 0 Å². The number of esters is 2. The van der Waals surface area contributed by atoms with Gasteiger partial charge in [-0.3, -0.25) is 30.0 Å². The normalized spacial score (nSPS) is 9.91. The van der Waals surface area contributed by atoms with Crippen LogP contribution in [0.25, 0.3) is 0 Å². The molecule has 0 radical (unpaired) electrons. The van der Waals surface area contributed by atoms with E-state index in [1.165, 1.54) is 24.3 Å². The summed E-state index contributed by atoms with van der Waals surface area (Å²) < 4.78 is 9.65. The lowest BCUT2D eigenvalue weighted by atomic mass is 10.2. The number of rotatable bonds is 9. The maximum atomic E-state index is 12.0. The fourth-order valence-electron chi connectivity index (χ4n) is 2.39. The van der Waals surface area contributed by atoms with Crippen LogP contribution in [0, 0.1) is 0 Å². The molecule has 2 aromatic rings. The SMILES string of the molecule is CCOC(=O)c1ccc(NC(=O)CCC(=O)OCC(=O)NNC(=O)c2ccccc2)cc1.